The van der Waals surface area contributed by atoms with Crippen LogP contribution in [0.15, 0.2) is 24.5 Å². The summed E-state index contributed by atoms with van der Waals surface area (Å²) in [6.45, 7) is -0.562. The number of hydrogen-bond acceptors (Lipinski definition) is 4. The van der Waals surface area contributed by atoms with Crippen molar-refractivity contribution in [3.05, 3.63) is 30.1 Å². The molecular weight excluding hydrogens is 247 g/mol. The van der Waals surface area contributed by atoms with E-state index in [2.05, 4.69) is 9.17 Å². The van der Waals surface area contributed by atoms with E-state index in [4.69, 9.17) is 0 Å². The topological polar surface area (TPSA) is 56.3 Å². The third-order valence-electron chi connectivity index (χ3n) is 1.64. The molecule has 4 nitrogen and oxygen atoms in total. The van der Waals surface area contributed by atoms with Gasteiger partial charge in [-0.25, -0.2) is 0 Å². The summed E-state index contributed by atoms with van der Waals surface area (Å²) >= 11 is 0. The maximum absolute atomic E-state index is 11.8. The second-order valence-corrected chi connectivity index (χ2v) is 4.44. The number of halogens is 3. The van der Waals surface area contributed by atoms with Crippen LogP contribution in [0.25, 0.3) is 0 Å². The van der Waals surface area contributed by atoms with Crippen LogP contribution in [0, 0.1) is 0 Å². The molecule has 0 bridgehead atoms. The highest BCUT2D eigenvalue weighted by molar-refractivity contribution is 7.87. The van der Waals surface area contributed by atoms with Crippen molar-refractivity contribution in [2.24, 2.45) is 0 Å². The molecule has 1 heterocycles. The lowest BCUT2D eigenvalue weighted by Gasteiger charge is -2.07. The van der Waals surface area contributed by atoms with Crippen LogP contribution in [-0.2, 0) is 20.7 Å². The van der Waals surface area contributed by atoms with Crippen LogP contribution < -0.4 is 0 Å². The van der Waals surface area contributed by atoms with E-state index in [1.165, 1.54) is 12.4 Å². The third kappa shape index (κ3) is 3.46. The number of nitrogens with zero attached hydrogens (tertiary/aromatic N) is 1. The summed E-state index contributed by atoms with van der Waals surface area (Å²) in [6.07, 6.45) is 2.96. The molecule has 0 radical (unpaired) electrons. The first kappa shape index (κ1) is 12.9. The Bertz CT molecular complexity index is 430. The predicted octanol–water partition coefficient (Wildman–Crippen LogP) is 1.49. The molecule has 8 heteroatoms. The Labute approximate surface area is 90.2 Å². The van der Waals surface area contributed by atoms with Gasteiger partial charge in [-0.3, -0.25) is 9.17 Å². The highest BCUT2D eigenvalue weighted by Gasteiger charge is 2.47. The van der Waals surface area contributed by atoms with Gasteiger partial charge in [0.1, 0.15) is 0 Å². The Morgan fingerprint density at radius 3 is 2.56 bits per heavy atom. The van der Waals surface area contributed by atoms with E-state index in [9.17, 15) is 21.6 Å². The van der Waals surface area contributed by atoms with Crippen LogP contribution >= 0.6 is 0 Å². The molecular formula is C8H8F3NO3S. The zero-order valence-corrected chi connectivity index (χ0v) is 8.75. The van der Waals surface area contributed by atoms with Crippen molar-refractivity contribution in [2.75, 3.05) is 6.61 Å². The molecule has 0 saturated heterocycles. The lowest BCUT2D eigenvalue weighted by atomic mass is 10.2. The van der Waals surface area contributed by atoms with Crippen LogP contribution in [0.4, 0.5) is 13.2 Å². The maximum Gasteiger partial charge on any atom is 0.523 e. The molecule has 1 aromatic heterocycles. The van der Waals surface area contributed by atoms with Gasteiger partial charge in [-0.05, 0) is 18.1 Å². The van der Waals surface area contributed by atoms with Gasteiger partial charge in [-0.1, -0.05) is 6.07 Å². The standard InChI is InChI=1S/C8H8F3NO3S/c9-8(10,11)16(13,14)15-5-3-7-2-1-4-12-6-7/h1-2,4,6H,3,5H2. The van der Waals surface area contributed by atoms with E-state index in [0.717, 1.165) is 0 Å². The average Bonchev–Trinajstić information content (AvgIpc) is 2.17. The van der Waals surface area contributed by atoms with E-state index in [1.54, 1.807) is 12.1 Å². The first-order valence-corrected chi connectivity index (χ1v) is 5.58. The van der Waals surface area contributed by atoms with Crippen molar-refractivity contribution in [2.45, 2.75) is 11.9 Å². The molecule has 0 aliphatic rings. The van der Waals surface area contributed by atoms with Crippen molar-refractivity contribution in [3.8, 4) is 0 Å². The number of pyridine rings is 1. The molecule has 1 rings (SSSR count). The SMILES string of the molecule is O=S(=O)(OCCc1cccnc1)C(F)(F)F. The summed E-state index contributed by atoms with van der Waals surface area (Å²) < 4.78 is 60.3. The van der Waals surface area contributed by atoms with Crippen molar-refractivity contribution >= 4 is 10.1 Å². The number of rotatable bonds is 4. The van der Waals surface area contributed by atoms with E-state index >= 15 is 0 Å². The Morgan fingerprint density at radius 1 is 1.38 bits per heavy atom. The fourth-order valence-electron chi connectivity index (χ4n) is 0.882. The van der Waals surface area contributed by atoms with Gasteiger partial charge in [-0.15, -0.1) is 0 Å². The molecule has 0 fully saturated rings. The van der Waals surface area contributed by atoms with Crippen molar-refractivity contribution in [1.29, 1.82) is 0 Å². The second-order valence-electron chi connectivity index (χ2n) is 2.83. The second kappa shape index (κ2) is 4.79. The van der Waals surface area contributed by atoms with Crippen molar-refractivity contribution in [3.63, 3.8) is 0 Å². The molecule has 16 heavy (non-hydrogen) atoms. The summed E-state index contributed by atoms with van der Waals surface area (Å²) in [7, 11) is -5.49. The molecule has 0 saturated carbocycles. The van der Waals surface area contributed by atoms with E-state index < -0.39 is 22.2 Å². The molecule has 0 N–H and O–H groups in total. The molecule has 0 aliphatic carbocycles. The van der Waals surface area contributed by atoms with Crippen LogP contribution in [0.5, 0.6) is 0 Å². The first-order chi connectivity index (χ1) is 7.33. The van der Waals surface area contributed by atoms with Crippen LogP contribution in [-0.4, -0.2) is 25.5 Å². The van der Waals surface area contributed by atoms with Gasteiger partial charge in [0.25, 0.3) is 0 Å². The van der Waals surface area contributed by atoms with Gasteiger partial charge >= 0.3 is 15.6 Å². The summed E-state index contributed by atoms with van der Waals surface area (Å²) in [5.74, 6) is 0. The van der Waals surface area contributed by atoms with Crippen LogP contribution in [0.2, 0.25) is 0 Å². The Balaban J connectivity index is 2.49. The van der Waals surface area contributed by atoms with E-state index in [1.807, 2.05) is 0 Å². The van der Waals surface area contributed by atoms with Gasteiger partial charge < -0.3 is 0 Å². The Kier molecular flexibility index (Phi) is 3.87. The van der Waals surface area contributed by atoms with Gasteiger partial charge in [0.05, 0.1) is 6.61 Å². The molecule has 0 spiro atoms. The average molecular weight is 255 g/mol. The largest absolute Gasteiger partial charge is 0.523 e. The molecule has 0 aromatic carbocycles. The molecule has 0 aliphatic heterocycles. The predicted molar refractivity (Wildman–Crippen MR) is 48.9 cm³/mol. The lowest BCUT2D eigenvalue weighted by molar-refractivity contribution is -0.0541. The fourth-order valence-corrected chi connectivity index (χ4v) is 1.32. The highest BCUT2D eigenvalue weighted by Crippen LogP contribution is 2.24. The molecule has 1 aromatic rings. The Morgan fingerprint density at radius 2 is 2.06 bits per heavy atom. The summed E-state index contributed by atoms with van der Waals surface area (Å²) in [4.78, 5) is 3.72. The van der Waals surface area contributed by atoms with E-state index in [-0.39, 0.29) is 6.42 Å². The smallest absolute Gasteiger partial charge is 0.264 e. The fraction of sp³-hybridized carbons (Fsp3) is 0.375. The molecule has 0 amide bonds. The minimum Gasteiger partial charge on any atom is -0.264 e. The lowest BCUT2D eigenvalue weighted by Crippen LogP contribution is -2.26. The summed E-state index contributed by atoms with van der Waals surface area (Å²) in [5.41, 5.74) is -4.78. The zero-order valence-electron chi connectivity index (χ0n) is 7.94. The van der Waals surface area contributed by atoms with Gasteiger partial charge in [0.15, 0.2) is 0 Å². The number of hydrogen-bond donors (Lipinski definition) is 0. The monoisotopic (exact) mass is 255 g/mol. The summed E-state index contributed by atoms with van der Waals surface area (Å²) in [5, 5.41) is 0. The minimum atomic E-state index is -5.49. The van der Waals surface area contributed by atoms with Gasteiger partial charge in [-0.2, -0.15) is 21.6 Å². The van der Waals surface area contributed by atoms with Crippen LogP contribution in [0.1, 0.15) is 5.56 Å². The van der Waals surface area contributed by atoms with Gasteiger partial charge in [0.2, 0.25) is 0 Å². The van der Waals surface area contributed by atoms with Crippen molar-refractivity contribution < 1.29 is 25.8 Å². The quantitative estimate of drug-likeness (QED) is 0.604. The van der Waals surface area contributed by atoms with E-state index in [0.29, 0.717) is 5.56 Å². The molecule has 0 atom stereocenters. The van der Waals surface area contributed by atoms with Gasteiger partial charge in [0, 0.05) is 12.4 Å². The zero-order chi connectivity index (χ0) is 12.2. The summed E-state index contributed by atoms with van der Waals surface area (Å²) in [6, 6.07) is 3.20. The van der Waals surface area contributed by atoms with Crippen LogP contribution in [0.3, 0.4) is 0 Å². The molecule has 0 unspecified atom stereocenters. The minimum absolute atomic E-state index is 0.0448. The van der Waals surface area contributed by atoms with Crippen molar-refractivity contribution in [1.82, 2.24) is 4.98 Å². The Hall–Kier alpha value is -1.15. The number of alkyl halides is 3. The molecule has 90 valence electrons. The number of aromatic nitrogens is 1. The normalized spacial score (nSPS) is 12.7. The maximum atomic E-state index is 11.8. The highest BCUT2D eigenvalue weighted by atomic mass is 32.2. The first-order valence-electron chi connectivity index (χ1n) is 4.17. The third-order valence-corrected chi connectivity index (χ3v) is 2.68.